The summed E-state index contributed by atoms with van der Waals surface area (Å²) < 4.78 is 9.21. The van der Waals surface area contributed by atoms with E-state index < -0.39 is 0 Å². The lowest BCUT2D eigenvalue weighted by molar-refractivity contribution is 0.0960. The molecule has 3 aromatic heterocycles. The molecule has 1 aliphatic rings. The van der Waals surface area contributed by atoms with E-state index in [1.54, 1.807) is 17.0 Å². The van der Waals surface area contributed by atoms with Gasteiger partial charge in [-0.05, 0) is 25.0 Å². The molecule has 0 aliphatic carbocycles. The molecule has 1 aromatic carbocycles. The molecule has 136 valence electrons. The Morgan fingerprint density at radius 1 is 1.22 bits per heavy atom. The van der Waals surface area contributed by atoms with Gasteiger partial charge in [0.25, 0.3) is 5.56 Å². The molecule has 1 saturated heterocycles. The topological polar surface area (TPSA) is 74.8 Å². The van der Waals surface area contributed by atoms with E-state index in [1.807, 2.05) is 28.8 Å². The molecule has 7 nitrogen and oxygen atoms in total. The molecule has 0 amide bonds. The van der Waals surface area contributed by atoms with Crippen LogP contribution in [-0.2, 0) is 17.8 Å². The molecular weight excluding hydrogens is 342 g/mol. The van der Waals surface area contributed by atoms with Crippen molar-refractivity contribution in [2.45, 2.75) is 32.0 Å². The smallest absolute Gasteiger partial charge is 0.265 e. The number of allylic oxidation sites excluding steroid dienone is 1. The minimum absolute atomic E-state index is 0.0652. The standard InChI is InChI=1S/C20H19N5O2/c1-2-9-25-18-16(17-19(25)23-15-8-4-3-7-14(15)22-17)20(26)24(12-21-18)11-13-6-5-10-27-13/h2-4,7-8,12-13H,1,5-6,9-11H2. The highest BCUT2D eigenvalue weighted by Crippen LogP contribution is 2.25. The number of benzene rings is 1. The number of rotatable bonds is 4. The molecule has 4 aromatic rings. The SMILES string of the molecule is C=CCn1c2nc3ccccc3nc2c2c(=O)n(CC3CCCO3)cnc21. The summed E-state index contributed by atoms with van der Waals surface area (Å²) in [4.78, 5) is 27.3. The fraction of sp³-hybridized carbons (Fsp3) is 0.300. The van der Waals surface area contributed by atoms with Crippen LogP contribution in [0.5, 0.6) is 0 Å². The van der Waals surface area contributed by atoms with Crippen molar-refractivity contribution in [2.75, 3.05) is 6.61 Å². The molecule has 1 fully saturated rings. The highest BCUT2D eigenvalue weighted by atomic mass is 16.5. The summed E-state index contributed by atoms with van der Waals surface area (Å²) in [6.07, 6.45) is 5.44. The van der Waals surface area contributed by atoms with Crippen molar-refractivity contribution in [3.05, 3.63) is 53.6 Å². The van der Waals surface area contributed by atoms with Crippen molar-refractivity contribution < 1.29 is 4.74 Å². The fourth-order valence-corrected chi connectivity index (χ4v) is 3.78. The van der Waals surface area contributed by atoms with Crippen LogP contribution in [0, 0.1) is 0 Å². The third-order valence-corrected chi connectivity index (χ3v) is 5.05. The Kier molecular flexibility index (Phi) is 3.75. The lowest BCUT2D eigenvalue weighted by Crippen LogP contribution is -2.26. The van der Waals surface area contributed by atoms with E-state index >= 15 is 0 Å². The first-order chi connectivity index (χ1) is 13.3. The van der Waals surface area contributed by atoms with E-state index in [4.69, 9.17) is 14.7 Å². The molecule has 27 heavy (non-hydrogen) atoms. The van der Waals surface area contributed by atoms with Gasteiger partial charge in [0.15, 0.2) is 11.3 Å². The fourth-order valence-electron chi connectivity index (χ4n) is 3.78. The molecule has 0 spiro atoms. The van der Waals surface area contributed by atoms with Gasteiger partial charge in [-0.2, -0.15) is 0 Å². The summed E-state index contributed by atoms with van der Waals surface area (Å²) in [6, 6.07) is 7.66. The summed E-state index contributed by atoms with van der Waals surface area (Å²) in [7, 11) is 0. The molecule has 4 heterocycles. The summed E-state index contributed by atoms with van der Waals surface area (Å²) in [5.41, 5.74) is 3.28. The maximum Gasteiger partial charge on any atom is 0.265 e. The highest BCUT2D eigenvalue weighted by molar-refractivity contribution is 6.04. The second kappa shape index (κ2) is 6.28. The average Bonchev–Trinajstić information content (AvgIpc) is 3.30. The third kappa shape index (κ3) is 2.54. The van der Waals surface area contributed by atoms with Crippen molar-refractivity contribution in [3.8, 4) is 0 Å². The largest absolute Gasteiger partial charge is 0.376 e. The molecule has 5 rings (SSSR count). The van der Waals surface area contributed by atoms with Gasteiger partial charge < -0.3 is 9.30 Å². The lowest BCUT2D eigenvalue weighted by atomic mass is 10.2. The quantitative estimate of drug-likeness (QED) is 0.523. The van der Waals surface area contributed by atoms with Gasteiger partial charge in [0.1, 0.15) is 10.9 Å². The van der Waals surface area contributed by atoms with E-state index in [2.05, 4.69) is 11.6 Å². The van der Waals surface area contributed by atoms with Crippen LogP contribution in [-0.4, -0.2) is 36.8 Å². The maximum absolute atomic E-state index is 13.2. The van der Waals surface area contributed by atoms with Crippen LogP contribution in [0.3, 0.4) is 0 Å². The van der Waals surface area contributed by atoms with Crippen molar-refractivity contribution in [2.24, 2.45) is 0 Å². The molecule has 0 N–H and O–H groups in total. The summed E-state index contributed by atoms with van der Waals surface area (Å²) in [5.74, 6) is 0. The zero-order valence-corrected chi connectivity index (χ0v) is 14.8. The molecule has 0 saturated carbocycles. The number of fused-ring (bicyclic) bond motifs is 4. The predicted octanol–water partition coefficient (Wildman–Crippen LogP) is 2.66. The average molecular weight is 361 g/mol. The number of ether oxygens (including phenoxy) is 1. The second-order valence-electron chi connectivity index (χ2n) is 6.82. The monoisotopic (exact) mass is 361 g/mol. The highest BCUT2D eigenvalue weighted by Gasteiger charge is 2.21. The minimum Gasteiger partial charge on any atom is -0.376 e. The van der Waals surface area contributed by atoms with Gasteiger partial charge in [0.2, 0.25) is 0 Å². The first-order valence-electron chi connectivity index (χ1n) is 9.13. The van der Waals surface area contributed by atoms with E-state index in [-0.39, 0.29) is 11.7 Å². The zero-order chi connectivity index (χ0) is 18.4. The normalized spacial score (nSPS) is 17.3. The Morgan fingerprint density at radius 3 is 2.78 bits per heavy atom. The van der Waals surface area contributed by atoms with Crippen molar-refractivity contribution in [1.82, 2.24) is 24.1 Å². The van der Waals surface area contributed by atoms with Crippen LogP contribution in [0.2, 0.25) is 0 Å². The molecular formula is C20H19N5O2. The van der Waals surface area contributed by atoms with Crippen LogP contribution in [0.4, 0.5) is 0 Å². The Balaban J connectivity index is 1.81. The number of para-hydroxylation sites is 2. The van der Waals surface area contributed by atoms with Crippen LogP contribution in [0.15, 0.2) is 48.0 Å². The summed E-state index contributed by atoms with van der Waals surface area (Å²) in [6.45, 7) is 5.60. The summed E-state index contributed by atoms with van der Waals surface area (Å²) in [5, 5.41) is 0.505. The van der Waals surface area contributed by atoms with Gasteiger partial charge in [-0.15, -0.1) is 6.58 Å². The van der Waals surface area contributed by atoms with Crippen molar-refractivity contribution >= 4 is 33.2 Å². The second-order valence-corrected chi connectivity index (χ2v) is 6.82. The maximum atomic E-state index is 13.2. The Bertz CT molecular complexity index is 1230. The lowest BCUT2D eigenvalue weighted by Gasteiger charge is -2.11. The van der Waals surface area contributed by atoms with E-state index in [0.717, 1.165) is 30.5 Å². The van der Waals surface area contributed by atoms with Crippen LogP contribution in [0.25, 0.3) is 33.2 Å². The number of aromatic nitrogens is 5. The molecule has 1 unspecified atom stereocenters. The Labute approximate surface area is 154 Å². The first-order valence-corrected chi connectivity index (χ1v) is 9.13. The number of hydrogen-bond acceptors (Lipinski definition) is 5. The molecule has 1 aliphatic heterocycles. The number of hydrogen-bond donors (Lipinski definition) is 0. The first kappa shape index (κ1) is 16.1. The van der Waals surface area contributed by atoms with E-state index in [9.17, 15) is 4.79 Å². The Hall–Kier alpha value is -3.06. The van der Waals surface area contributed by atoms with Crippen molar-refractivity contribution in [1.29, 1.82) is 0 Å². The van der Waals surface area contributed by atoms with Crippen LogP contribution < -0.4 is 5.56 Å². The van der Waals surface area contributed by atoms with Crippen molar-refractivity contribution in [3.63, 3.8) is 0 Å². The predicted molar refractivity (Wildman–Crippen MR) is 104 cm³/mol. The van der Waals surface area contributed by atoms with Crippen LogP contribution in [0.1, 0.15) is 12.8 Å². The van der Waals surface area contributed by atoms with Gasteiger partial charge in [-0.3, -0.25) is 9.36 Å². The van der Waals surface area contributed by atoms with Crippen LogP contribution >= 0.6 is 0 Å². The minimum atomic E-state index is -0.104. The molecule has 0 radical (unpaired) electrons. The van der Waals surface area contributed by atoms with Gasteiger partial charge in [-0.25, -0.2) is 15.0 Å². The van der Waals surface area contributed by atoms with Gasteiger partial charge in [-0.1, -0.05) is 18.2 Å². The van der Waals surface area contributed by atoms with Gasteiger partial charge in [0.05, 0.1) is 30.0 Å². The third-order valence-electron chi connectivity index (χ3n) is 5.05. The molecule has 0 bridgehead atoms. The van der Waals surface area contributed by atoms with E-state index in [1.165, 1.54) is 0 Å². The molecule has 1 atom stereocenters. The van der Waals surface area contributed by atoms with Gasteiger partial charge >= 0.3 is 0 Å². The number of nitrogens with zero attached hydrogens (tertiary/aromatic N) is 5. The zero-order valence-electron chi connectivity index (χ0n) is 14.8. The Morgan fingerprint density at radius 2 is 2.04 bits per heavy atom. The molecule has 7 heteroatoms. The van der Waals surface area contributed by atoms with E-state index in [0.29, 0.717) is 35.3 Å². The van der Waals surface area contributed by atoms with Gasteiger partial charge in [0, 0.05) is 13.2 Å². The summed E-state index contributed by atoms with van der Waals surface area (Å²) >= 11 is 0.